The second kappa shape index (κ2) is 14.7. The number of ether oxygens (including phenoxy) is 1. The fraction of sp³-hybridized carbons (Fsp3) is 0.833. The fourth-order valence-electron chi connectivity index (χ4n) is 2.69. The van der Waals surface area contributed by atoms with Crippen LogP contribution in [0.3, 0.4) is 0 Å². The van der Waals surface area contributed by atoms with Crippen molar-refractivity contribution in [1.29, 1.82) is 0 Å². The van der Waals surface area contributed by atoms with Crippen LogP contribution in [0.2, 0.25) is 0 Å². The Balaban J connectivity index is 0.00000529. The molecular weight excluding hydrogens is 417 g/mol. The largest absolute Gasteiger partial charge is 1.00 e. The SMILES string of the molecule is CCCCCCCCCCCC[n+]1cc(COC(C)=O)n(C)n1.[I-]. The van der Waals surface area contributed by atoms with Crippen molar-refractivity contribution in [2.24, 2.45) is 7.05 Å². The van der Waals surface area contributed by atoms with Gasteiger partial charge in [0.2, 0.25) is 5.69 Å². The Bertz CT molecular complexity index is 449. The molecule has 24 heavy (non-hydrogen) atoms. The van der Waals surface area contributed by atoms with Crippen LogP contribution in [0.15, 0.2) is 6.20 Å². The average molecular weight is 451 g/mol. The molecule has 0 unspecified atom stereocenters. The minimum atomic E-state index is -0.257. The number of rotatable bonds is 13. The lowest BCUT2D eigenvalue weighted by Crippen LogP contribution is -3.00. The number of esters is 1. The minimum Gasteiger partial charge on any atom is -1.00 e. The smallest absolute Gasteiger partial charge is 0.303 e. The van der Waals surface area contributed by atoms with E-state index in [1.54, 1.807) is 4.68 Å². The van der Waals surface area contributed by atoms with Crippen molar-refractivity contribution >= 4 is 5.97 Å². The molecule has 0 saturated heterocycles. The zero-order chi connectivity index (χ0) is 16.9. The average Bonchev–Trinajstić information content (AvgIpc) is 2.87. The third kappa shape index (κ3) is 11.0. The predicted molar refractivity (Wildman–Crippen MR) is 90.7 cm³/mol. The molecule has 0 N–H and O–H groups in total. The molecule has 1 aromatic heterocycles. The van der Waals surface area contributed by atoms with Gasteiger partial charge in [0.05, 0.1) is 5.21 Å². The molecule has 0 aliphatic carbocycles. The number of nitrogens with zero attached hydrogens (tertiary/aromatic N) is 3. The second-order valence-electron chi connectivity index (χ2n) is 6.36. The van der Waals surface area contributed by atoms with E-state index < -0.39 is 0 Å². The highest BCUT2D eigenvalue weighted by Gasteiger charge is 2.13. The maximum atomic E-state index is 10.8. The van der Waals surface area contributed by atoms with Crippen LogP contribution in [-0.2, 0) is 29.7 Å². The number of carbonyl (C=O) groups excluding carboxylic acids is 1. The van der Waals surface area contributed by atoms with E-state index in [1.807, 2.05) is 17.9 Å². The highest BCUT2D eigenvalue weighted by Crippen LogP contribution is 2.10. The van der Waals surface area contributed by atoms with Gasteiger partial charge >= 0.3 is 5.97 Å². The van der Waals surface area contributed by atoms with E-state index >= 15 is 0 Å². The number of aromatic nitrogens is 3. The molecule has 0 radical (unpaired) electrons. The molecule has 1 heterocycles. The van der Waals surface area contributed by atoms with Crippen molar-refractivity contribution in [3.05, 3.63) is 11.9 Å². The third-order valence-electron chi connectivity index (χ3n) is 4.13. The van der Waals surface area contributed by atoms with Crippen LogP contribution in [0, 0.1) is 0 Å². The molecule has 0 spiro atoms. The lowest BCUT2D eigenvalue weighted by molar-refractivity contribution is -0.755. The van der Waals surface area contributed by atoms with Gasteiger partial charge in [-0.2, -0.15) is 0 Å². The number of unbranched alkanes of at least 4 members (excludes halogenated alkanes) is 9. The number of halogens is 1. The van der Waals surface area contributed by atoms with Crippen LogP contribution in [0.25, 0.3) is 0 Å². The lowest BCUT2D eigenvalue weighted by atomic mass is 10.1. The molecule has 0 fully saturated rings. The van der Waals surface area contributed by atoms with Crippen LogP contribution in [0.5, 0.6) is 0 Å². The topological polar surface area (TPSA) is 48.0 Å². The van der Waals surface area contributed by atoms with Crippen molar-refractivity contribution in [3.63, 3.8) is 0 Å². The Hall–Kier alpha value is -0.660. The third-order valence-corrected chi connectivity index (χ3v) is 4.13. The lowest BCUT2D eigenvalue weighted by Gasteiger charge is -2.01. The predicted octanol–water partition coefficient (Wildman–Crippen LogP) is 0.696. The number of hydrogen-bond acceptors (Lipinski definition) is 3. The Morgan fingerprint density at radius 2 is 1.62 bits per heavy atom. The van der Waals surface area contributed by atoms with Gasteiger partial charge in [0.25, 0.3) is 0 Å². The van der Waals surface area contributed by atoms with E-state index in [9.17, 15) is 4.79 Å². The molecule has 1 aromatic rings. The molecule has 0 atom stereocenters. The van der Waals surface area contributed by atoms with E-state index in [1.165, 1.54) is 64.7 Å². The summed E-state index contributed by atoms with van der Waals surface area (Å²) in [5.41, 5.74) is 0.923. The Kier molecular flexibility index (Phi) is 14.3. The summed E-state index contributed by atoms with van der Waals surface area (Å²) in [4.78, 5) is 10.8. The Morgan fingerprint density at radius 1 is 1.08 bits per heavy atom. The fourth-order valence-corrected chi connectivity index (χ4v) is 2.69. The summed E-state index contributed by atoms with van der Waals surface area (Å²) in [5.74, 6) is -0.257. The van der Waals surface area contributed by atoms with Crippen molar-refractivity contribution in [2.45, 2.75) is 91.2 Å². The molecule has 140 valence electrons. The van der Waals surface area contributed by atoms with Gasteiger partial charge in [-0.3, -0.25) is 4.79 Å². The molecule has 0 bridgehead atoms. The van der Waals surface area contributed by atoms with Crippen LogP contribution in [0.4, 0.5) is 0 Å². The summed E-state index contributed by atoms with van der Waals surface area (Å²) in [6, 6.07) is 0. The second-order valence-corrected chi connectivity index (χ2v) is 6.36. The summed E-state index contributed by atoms with van der Waals surface area (Å²) in [5, 5.41) is 4.41. The normalized spacial score (nSPS) is 10.5. The van der Waals surface area contributed by atoms with Gasteiger partial charge in [0.1, 0.15) is 13.6 Å². The maximum Gasteiger partial charge on any atom is 0.303 e. The van der Waals surface area contributed by atoms with Crippen LogP contribution >= 0.6 is 0 Å². The first-order valence-electron chi connectivity index (χ1n) is 9.19. The minimum absolute atomic E-state index is 0. The van der Waals surface area contributed by atoms with Gasteiger partial charge in [0, 0.05) is 6.92 Å². The first-order chi connectivity index (χ1) is 11.1. The first-order valence-corrected chi connectivity index (χ1v) is 9.19. The van der Waals surface area contributed by atoms with Crippen molar-refractivity contribution in [1.82, 2.24) is 9.90 Å². The van der Waals surface area contributed by atoms with E-state index in [-0.39, 0.29) is 29.9 Å². The van der Waals surface area contributed by atoms with Crippen molar-refractivity contribution < 1.29 is 38.2 Å². The number of hydrogen-bond donors (Lipinski definition) is 0. The highest BCUT2D eigenvalue weighted by molar-refractivity contribution is 5.65. The molecule has 0 aliphatic heterocycles. The maximum absolute atomic E-state index is 10.8. The summed E-state index contributed by atoms with van der Waals surface area (Å²) in [7, 11) is 1.88. The van der Waals surface area contributed by atoms with E-state index in [0.717, 1.165) is 18.7 Å². The molecule has 0 saturated carbocycles. The molecule has 5 nitrogen and oxygen atoms in total. The molecule has 0 aromatic carbocycles. The van der Waals surface area contributed by atoms with E-state index in [0.29, 0.717) is 6.61 Å². The van der Waals surface area contributed by atoms with Gasteiger partial charge in [-0.1, -0.05) is 58.3 Å². The Labute approximate surface area is 164 Å². The summed E-state index contributed by atoms with van der Waals surface area (Å²) >= 11 is 0. The Morgan fingerprint density at radius 3 is 2.17 bits per heavy atom. The van der Waals surface area contributed by atoms with Gasteiger partial charge in [-0.25, -0.2) is 0 Å². The van der Waals surface area contributed by atoms with E-state index in [4.69, 9.17) is 4.74 Å². The van der Waals surface area contributed by atoms with E-state index in [2.05, 4.69) is 12.1 Å². The van der Waals surface area contributed by atoms with Crippen LogP contribution in [-0.4, -0.2) is 15.9 Å². The first kappa shape index (κ1) is 23.3. The van der Waals surface area contributed by atoms with Crippen molar-refractivity contribution in [3.8, 4) is 0 Å². The monoisotopic (exact) mass is 451 g/mol. The molecule has 1 rings (SSSR count). The quantitative estimate of drug-likeness (QED) is 0.192. The van der Waals surface area contributed by atoms with Gasteiger partial charge in [-0.15, -0.1) is 9.36 Å². The zero-order valence-corrected chi connectivity index (χ0v) is 17.8. The molecule has 6 heteroatoms. The van der Waals surface area contributed by atoms with Crippen LogP contribution in [0.1, 0.15) is 83.7 Å². The van der Waals surface area contributed by atoms with Gasteiger partial charge in [-0.05, 0) is 12.8 Å². The standard InChI is InChI=1S/C18H34N3O2.HI/c1-4-5-6-7-8-9-10-11-12-13-14-21-15-18(20(3)19-21)16-23-17(2)22;/h15H,4-14,16H2,1-3H3;1H/q+1;/p-1. The number of aryl methyl sites for hydroxylation is 2. The van der Waals surface area contributed by atoms with Crippen molar-refractivity contribution in [2.75, 3.05) is 0 Å². The summed E-state index contributed by atoms with van der Waals surface area (Å²) in [6.45, 7) is 4.92. The highest BCUT2D eigenvalue weighted by atomic mass is 127. The van der Waals surface area contributed by atoms with Gasteiger partial charge in [0.15, 0.2) is 12.8 Å². The zero-order valence-electron chi connectivity index (χ0n) is 15.6. The molecular formula is C18H34IN3O2. The van der Waals surface area contributed by atoms with Gasteiger partial charge < -0.3 is 28.7 Å². The van der Waals surface area contributed by atoms with Crippen LogP contribution < -0.4 is 28.7 Å². The summed E-state index contributed by atoms with van der Waals surface area (Å²) in [6.07, 6.45) is 15.4. The summed E-state index contributed by atoms with van der Waals surface area (Å²) < 4.78 is 8.74. The molecule has 0 aliphatic rings. The number of carbonyl (C=O) groups is 1. The molecule has 0 amide bonds.